The van der Waals surface area contributed by atoms with Gasteiger partial charge < -0.3 is 4.90 Å². The zero-order valence-electron chi connectivity index (χ0n) is 14.1. The first-order valence-electron chi connectivity index (χ1n) is 7.64. The number of amides is 1. The van der Waals surface area contributed by atoms with E-state index in [4.69, 9.17) is 11.6 Å². The van der Waals surface area contributed by atoms with Gasteiger partial charge in [-0.1, -0.05) is 23.8 Å². The Bertz CT molecular complexity index is 799. The van der Waals surface area contributed by atoms with Crippen LogP contribution in [0.4, 0.5) is 4.39 Å². The average molecular weight is 381 g/mol. The molecule has 4 nitrogen and oxygen atoms in total. The molecule has 2 rings (SSSR count). The molecule has 1 aromatic heterocycles. The molecule has 0 aliphatic heterocycles. The van der Waals surface area contributed by atoms with E-state index < -0.39 is 11.9 Å². The molecule has 0 saturated carbocycles. The standard InChI is InChI=1S/C18H18ClFN2O2S/c1-4-5-6-15(11(2)23)22(3)18(24)16-10-21-17(25-16)12-7-13(19)9-14(20)8-12/h4-5,7-10,15H,6H2,1-3H3/b5-4-. The Hall–Kier alpha value is -2.05. The summed E-state index contributed by atoms with van der Waals surface area (Å²) in [6.45, 7) is 3.32. The van der Waals surface area contributed by atoms with Crippen LogP contribution in [0.1, 0.15) is 29.9 Å². The molecule has 1 atom stereocenters. The van der Waals surface area contributed by atoms with Gasteiger partial charge in [-0.3, -0.25) is 9.59 Å². The topological polar surface area (TPSA) is 50.3 Å². The number of aromatic nitrogens is 1. The van der Waals surface area contributed by atoms with Crippen molar-refractivity contribution in [3.8, 4) is 10.6 Å². The second kappa shape index (κ2) is 8.36. The molecule has 0 fully saturated rings. The van der Waals surface area contributed by atoms with Crippen molar-refractivity contribution in [1.29, 1.82) is 0 Å². The Balaban J connectivity index is 2.25. The summed E-state index contributed by atoms with van der Waals surface area (Å²) in [5.41, 5.74) is 0.508. The van der Waals surface area contributed by atoms with Crippen LogP contribution in [-0.2, 0) is 4.79 Å². The van der Waals surface area contributed by atoms with Gasteiger partial charge in [-0.2, -0.15) is 0 Å². The molecular formula is C18H18ClFN2O2S. The van der Waals surface area contributed by atoms with E-state index in [1.807, 2.05) is 19.1 Å². The Morgan fingerprint density at radius 2 is 2.12 bits per heavy atom. The molecule has 1 unspecified atom stereocenters. The fourth-order valence-electron chi connectivity index (χ4n) is 2.36. The zero-order chi connectivity index (χ0) is 18.6. The van der Waals surface area contributed by atoms with Crippen molar-refractivity contribution in [1.82, 2.24) is 9.88 Å². The Morgan fingerprint density at radius 1 is 1.40 bits per heavy atom. The first-order chi connectivity index (χ1) is 11.8. The molecule has 0 saturated heterocycles. The molecule has 2 aromatic rings. The van der Waals surface area contributed by atoms with Gasteiger partial charge in [-0.05, 0) is 38.5 Å². The molecule has 0 N–H and O–H groups in total. The number of nitrogens with zero attached hydrogens (tertiary/aromatic N) is 2. The van der Waals surface area contributed by atoms with Crippen molar-refractivity contribution in [2.75, 3.05) is 7.05 Å². The number of rotatable bonds is 6. The van der Waals surface area contributed by atoms with Gasteiger partial charge in [0.05, 0.1) is 12.2 Å². The van der Waals surface area contributed by atoms with Crippen LogP contribution in [0.25, 0.3) is 10.6 Å². The van der Waals surface area contributed by atoms with Crippen LogP contribution in [0.2, 0.25) is 5.02 Å². The first kappa shape index (κ1) is 19.3. The van der Waals surface area contributed by atoms with Crippen LogP contribution >= 0.6 is 22.9 Å². The summed E-state index contributed by atoms with van der Waals surface area (Å²) >= 11 is 7.00. The molecule has 0 aliphatic carbocycles. The lowest BCUT2D eigenvalue weighted by Gasteiger charge is -2.24. The second-order valence-electron chi connectivity index (χ2n) is 5.54. The number of ketones is 1. The van der Waals surface area contributed by atoms with Crippen LogP contribution in [-0.4, -0.2) is 34.7 Å². The number of benzene rings is 1. The lowest BCUT2D eigenvalue weighted by molar-refractivity contribution is -0.120. The summed E-state index contributed by atoms with van der Waals surface area (Å²) in [6.07, 6.45) is 5.58. The lowest BCUT2D eigenvalue weighted by Crippen LogP contribution is -2.40. The van der Waals surface area contributed by atoms with Crippen LogP contribution < -0.4 is 0 Å². The molecule has 7 heteroatoms. The monoisotopic (exact) mass is 380 g/mol. The number of carbonyl (C=O) groups excluding carboxylic acids is 2. The number of likely N-dealkylation sites (N-methyl/N-ethyl adjacent to an activating group) is 1. The maximum absolute atomic E-state index is 13.5. The number of Topliss-reactive ketones (excluding diaryl/α,β-unsaturated/α-hetero) is 1. The van der Waals surface area contributed by atoms with Crippen molar-refractivity contribution in [2.24, 2.45) is 0 Å². The maximum atomic E-state index is 13.5. The predicted molar refractivity (Wildman–Crippen MR) is 98.5 cm³/mol. The van der Waals surface area contributed by atoms with Crippen LogP contribution in [0.3, 0.4) is 0 Å². The number of thiazole rings is 1. The highest BCUT2D eigenvalue weighted by Crippen LogP contribution is 2.29. The third-order valence-electron chi connectivity index (χ3n) is 3.68. The van der Waals surface area contributed by atoms with Crippen molar-refractivity contribution < 1.29 is 14.0 Å². The molecule has 0 radical (unpaired) electrons. The van der Waals surface area contributed by atoms with Gasteiger partial charge in [-0.25, -0.2) is 9.37 Å². The molecule has 25 heavy (non-hydrogen) atoms. The zero-order valence-corrected chi connectivity index (χ0v) is 15.7. The highest BCUT2D eigenvalue weighted by atomic mass is 35.5. The molecule has 1 aromatic carbocycles. The first-order valence-corrected chi connectivity index (χ1v) is 8.84. The van der Waals surface area contributed by atoms with Crippen molar-refractivity contribution in [2.45, 2.75) is 26.3 Å². The number of halogens is 2. The lowest BCUT2D eigenvalue weighted by atomic mass is 10.1. The molecular weight excluding hydrogens is 363 g/mol. The minimum absolute atomic E-state index is 0.0874. The minimum atomic E-state index is -0.530. The minimum Gasteiger partial charge on any atom is -0.331 e. The van der Waals surface area contributed by atoms with E-state index in [-0.39, 0.29) is 16.7 Å². The molecule has 0 aliphatic rings. The summed E-state index contributed by atoms with van der Waals surface area (Å²) < 4.78 is 13.5. The second-order valence-corrected chi connectivity index (χ2v) is 7.00. The SMILES string of the molecule is C/C=C\CC(C(C)=O)N(C)C(=O)c1cnc(-c2cc(F)cc(Cl)c2)s1. The fraction of sp³-hybridized carbons (Fsp3) is 0.278. The molecule has 132 valence electrons. The molecule has 0 bridgehead atoms. The molecule has 0 spiro atoms. The average Bonchev–Trinajstić information content (AvgIpc) is 3.03. The van der Waals surface area contributed by atoms with Crippen LogP contribution in [0.15, 0.2) is 36.5 Å². The summed E-state index contributed by atoms with van der Waals surface area (Å²) in [7, 11) is 1.59. The van der Waals surface area contributed by atoms with E-state index in [0.717, 1.165) is 11.3 Å². The van der Waals surface area contributed by atoms with Crippen LogP contribution in [0.5, 0.6) is 0 Å². The summed E-state index contributed by atoms with van der Waals surface area (Å²) in [4.78, 5) is 30.5. The summed E-state index contributed by atoms with van der Waals surface area (Å²) in [6, 6.07) is 3.58. The number of hydrogen-bond acceptors (Lipinski definition) is 4. The highest BCUT2D eigenvalue weighted by Gasteiger charge is 2.25. The Kier molecular flexibility index (Phi) is 6.45. The van der Waals surface area contributed by atoms with E-state index in [0.29, 0.717) is 21.9 Å². The van der Waals surface area contributed by atoms with Crippen molar-refractivity contribution in [3.63, 3.8) is 0 Å². The van der Waals surface area contributed by atoms with Gasteiger partial charge in [0.25, 0.3) is 5.91 Å². The summed E-state index contributed by atoms with van der Waals surface area (Å²) in [5, 5.41) is 0.754. The normalized spacial score (nSPS) is 12.4. The summed E-state index contributed by atoms with van der Waals surface area (Å²) in [5.74, 6) is -0.850. The van der Waals surface area contributed by atoms with Gasteiger partial charge in [-0.15, -0.1) is 11.3 Å². The molecule has 1 amide bonds. The van der Waals surface area contributed by atoms with Crippen molar-refractivity contribution >= 4 is 34.6 Å². The largest absolute Gasteiger partial charge is 0.331 e. The van der Waals surface area contributed by atoms with Crippen molar-refractivity contribution in [3.05, 3.63) is 52.3 Å². The smallest absolute Gasteiger partial charge is 0.265 e. The predicted octanol–water partition coefficient (Wildman–Crippen LogP) is 4.60. The van der Waals surface area contributed by atoms with E-state index in [1.54, 1.807) is 13.1 Å². The van der Waals surface area contributed by atoms with Gasteiger partial charge in [0.1, 0.15) is 15.7 Å². The highest BCUT2D eigenvalue weighted by molar-refractivity contribution is 7.16. The van der Waals surface area contributed by atoms with E-state index in [1.165, 1.54) is 30.2 Å². The Morgan fingerprint density at radius 3 is 2.72 bits per heavy atom. The van der Waals surface area contributed by atoms with Gasteiger partial charge in [0.15, 0.2) is 5.78 Å². The fourth-order valence-corrected chi connectivity index (χ4v) is 3.47. The number of hydrogen-bond donors (Lipinski definition) is 0. The number of allylic oxidation sites excluding steroid dienone is 1. The number of carbonyl (C=O) groups is 2. The third-order valence-corrected chi connectivity index (χ3v) is 4.93. The van der Waals surface area contributed by atoms with Crippen LogP contribution in [0, 0.1) is 5.82 Å². The van der Waals surface area contributed by atoms with Gasteiger partial charge in [0, 0.05) is 17.6 Å². The Labute approximate surface area is 154 Å². The maximum Gasteiger partial charge on any atom is 0.265 e. The third kappa shape index (κ3) is 4.74. The van der Waals surface area contributed by atoms with E-state index in [9.17, 15) is 14.0 Å². The van der Waals surface area contributed by atoms with Gasteiger partial charge >= 0.3 is 0 Å². The van der Waals surface area contributed by atoms with E-state index in [2.05, 4.69) is 4.98 Å². The molecule has 1 heterocycles. The quantitative estimate of drug-likeness (QED) is 0.688. The van der Waals surface area contributed by atoms with E-state index >= 15 is 0 Å². The van der Waals surface area contributed by atoms with Gasteiger partial charge in [0.2, 0.25) is 0 Å².